The summed E-state index contributed by atoms with van der Waals surface area (Å²) in [6.07, 6.45) is 1.44. The normalized spacial score (nSPS) is 11.2. The van der Waals surface area contributed by atoms with Crippen molar-refractivity contribution in [1.29, 1.82) is 0 Å². The van der Waals surface area contributed by atoms with Crippen LogP contribution < -0.4 is 0 Å². The molecule has 0 radical (unpaired) electrons. The van der Waals surface area contributed by atoms with Crippen molar-refractivity contribution in [3.63, 3.8) is 0 Å². The van der Waals surface area contributed by atoms with Gasteiger partial charge in [0.2, 0.25) is 0 Å². The second-order valence-corrected chi connectivity index (χ2v) is 4.91. The Kier molecular flexibility index (Phi) is 4.04. The molecule has 0 spiro atoms. The molecule has 1 aromatic carbocycles. The lowest BCUT2D eigenvalue weighted by Gasteiger charge is -2.03. The van der Waals surface area contributed by atoms with Crippen molar-refractivity contribution in [2.24, 2.45) is 12.2 Å². The summed E-state index contributed by atoms with van der Waals surface area (Å²) in [6.45, 7) is 1.91. The van der Waals surface area contributed by atoms with E-state index in [0.717, 1.165) is 22.0 Å². The Hall–Kier alpha value is -1.75. The van der Waals surface area contributed by atoms with E-state index >= 15 is 0 Å². The summed E-state index contributed by atoms with van der Waals surface area (Å²) in [6, 6.07) is 10.2. The van der Waals surface area contributed by atoms with Crippen LogP contribution in [0.2, 0.25) is 0 Å². The van der Waals surface area contributed by atoms with Crippen LogP contribution in [0.4, 0.5) is 0 Å². The molecular weight excluding hydrogens is 246 g/mol. The predicted octanol–water partition coefficient (Wildman–Crippen LogP) is 2.83. The van der Waals surface area contributed by atoms with Crippen LogP contribution >= 0.6 is 11.8 Å². The van der Waals surface area contributed by atoms with E-state index in [2.05, 4.69) is 22.4 Å². The van der Waals surface area contributed by atoms with Gasteiger partial charge in [-0.2, -0.15) is 5.10 Å². The molecule has 1 N–H and O–H groups in total. The number of oxime groups is 1. The third-order valence-corrected chi connectivity index (χ3v) is 3.85. The molecule has 5 heteroatoms. The lowest BCUT2D eigenvalue weighted by molar-refractivity contribution is 0.321. The average Bonchev–Trinajstić information content (AvgIpc) is 2.64. The fraction of sp³-hybridized carbons (Fsp3) is 0.231. The van der Waals surface area contributed by atoms with Crippen LogP contribution in [-0.4, -0.2) is 21.2 Å². The van der Waals surface area contributed by atoms with Crippen molar-refractivity contribution in [3.05, 3.63) is 47.2 Å². The van der Waals surface area contributed by atoms with Gasteiger partial charge in [-0.1, -0.05) is 35.5 Å². The SMILES string of the molecule is Cc1nn(C)c(SCc2ccccc2)c1C=NO. The molecular formula is C13H15N3OS. The third kappa shape index (κ3) is 2.73. The minimum atomic E-state index is 0.867. The third-order valence-electron chi connectivity index (χ3n) is 2.62. The van der Waals surface area contributed by atoms with Gasteiger partial charge in [-0.15, -0.1) is 11.8 Å². The topological polar surface area (TPSA) is 50.4 Å². The molecule has 1 aromatic heterocycles. The zero-order chi connectivity index (χ0) is 13.0. The van der Waals surface area contributed by atoms with Crippen molar-refractivity contribution in [2.45, 2.75) is 17.7 Å². The smallest absolute Gasteiger partial charge is 0.103 e. The molecule has 0 bridgehead atoms. The van der Waals surface area contributed by atoms with Gasteiger partial charge in [0.15, 0.2) is 0 Å². The maximum absolute atomic E-state index is 8.69. The molecule has 0 unspecified atom stereocenters. The van der Waals surface area contributed by atoms with Gasteiger partial charge in [0.05, 0.1) is 17.5 Å². The highest BCUT2D eigenvalue weighted by Gasteiger charge is 2.12. The van der Waals surface area contributed by atoms with Gasteiger partial charge < -0.3 is 5.21 Å². The summed E-state index contributed by atoms with van der Waals surface area (Å²) >= 11 is 1.69. The maximum atomic E-state index is 8.69. The highest BCUT2D eigenvalue weighted by molar-refractivity contribution is 7.98. The maximum Gasteiger partial charge on any atom is 0.103 e. The number of aromatic nitrogens is 2. The van der Waals surface area contributed by atoms with Gasteiger partial charge in [0, 0.05) is 12.8 Å². The minimum absolute atomic E-state index is 0.867. The van der Waals surface area contributed by atoms with E-state index in [1.54, 1.807) is 11.8 Å². The van der Waals surface area contributed by atoms with E-state index < -0.39 is 0 Å². The number of aryl methyl sites for hydroxylation is 2. The van der Waals surface area contributed by atoms with Crippen LogP contribution in [0.25, 0.3) is 0 Å². The molecule has 0 aliphatic rings. The highest BCUT2D eigenvalue weighted by Crippen LogP contribution is 2.26. The summed E-state index contributed by atoms with van der Waals surface area (Å²) in [5.74, 6) is 0.867. The molecule has 0 saturated carbocycles. The van der Waals surface area contributed by atoms with Crippen molar-refractivity contribution >= 4 is 18.0 Å². The number of thioether (sulfide) groups is 1. The molecule has 0 amide bonds. The first-order valence-corrected chi connectivity index (χ1v) is 6.58. The van der Waals surface area contributed by atoms with Crippen molar-refractivity contribution in [1.82, 2.24) is 9.78 Å². The van der Waals surface area contributed by atoms with Gasteiger partial charge in [-0.3, -0.25) is 4.68 Å². The monoisotopic (exact) mass is 261 g/mol. The van der Waals surface area contributed by atoms with E-state index in [9.17, 15) is 0 Å². The molecule has 0 fully saturated rings. The molecule has 94 valence electrons. The van der Waals surface area contributed by atoms with E-state index in [4.69, 9.17) is 5.21 Å². The number of nitrogens with zero attached hydrogens (tertiary/aromatic N) is 3. The molecule has 1 heterocycles. The first-order chi connectivity index (χ1) is 8.72. The van der Waals surface area contributed by atoms with Gasteiger partial charge >= 0.3 is 0 Å². The van der Waals surface area contributed by atoms with E-state index in [1.807, 2.05) is 36.9 Å². The lowest BCUT2D eigenvalue weighted by atomic mass is 10.2. The van der Waals surface area contributed by atoms with Crippen LogP contribution in [0.3, 0.4) is 0 Å². The number of benzene rings is 1. The number of hydrogen-bond donors (Lipinski definition) is 1. The zero-order valence-electron chi connectivity index (χ0n) is 10.4. The number of rotatable bonds is 4. The Labute approximate surface area is 110 Å². The Morgan fingerprint density at radius 1 is 1.39 bits per heavy atom. The van der Waals surface area contributed by atoms with Gasteiger partial charge in [-0.05, 0) is 12.5 Å². The van der Waals surface area contributed by atoms with Crippen molar-refractivity contribution < 1.29 is 5.21 Å². The largest absolute Gasteiger partial charge is 0.411 e. The Morgan fingerprint density at radius 2 is 2.11 bits per heavy atom. The summed E-state index contributed by atoms with van der Waals surface area (Å²) in [5.41, 5.74) is 3.00. The molecule has 0 atom stereocenters. The van der Waals surface area contributed by atoms with Gasteiger partial charge in [0.25, 0.3) is 0 Å². The average molecular weight is 261 g/mol. The minimum Gasteiger partial charge on any atom is -0.411 e. The van der Waals surface area contributed by atoms with Crippen LogP contribution in [0.15, 0.2) is 40.5 Å². The second-order valence-electron chi connectivity index (χ2n) is 3.95. The Balaban J connectivity index is 2.19. The molecule has 0 saturated heterocycles. The van der Waals surface area contributed by atoms with Gasteiger partial charge in [-0.25, -0.2) is 0 Å². The Morgan fingerprint density at radius 3 is 2.78 bits per heavy atom. The fourth-order valence-corrected chi connectivity index (χ4v) is 2.84. The first kappa shape index (κ1) is 12.7. The summed E-state index contributed by atoms with van der Waals surface area (Å²) in [4.78, 5) is 0. The fourth-order valence-electron chi connectivity index (χ4n) is 1.76. The van der Waals surface area contributed by atoms with Crippen LogP contribution in [-0.2, 0) is 12.8 Å². The second kappa shape index (κ2) is 5.73. The van der Waals surface area contributed by atoms with Crippen LogP contribution in [0.1, 0.15) is 16.8 Å². The zero-order valence-corrected chi connectivity index (χ0v) is 11.2. The van der Waals surface area contributed by atoms with Crippen LogP contribution in [0, 0.1) is 6.92 Å². The van der Waals surface area contributed by atoms with Crippen molar-refractivity contribution in [2.75, 3.05) is 0 Å². The molecule has 0 aliphatic heterocycles. The molecule has 4 nitrogen and oxygen atoms in total. The Bertz CT molecular complexity index is 549. The van der Waals surface area contributed by atoms with E-state index in [-0.39, 0.29) is 0 Å². The van der Waals surface area contributed by atoms with Crippen LogP contribution in [0.5, 0.6) is 0 Å². The molecule has 2 aromatic rings. The summed E-state index contributed by atoms with van der Waals surface area (Å²) in [7, 11) is 1.90. The molecule has 2 rings (SSSR count). The number of hydrogen-bond acceptors (Lipinski definition) is 4. The van der Waals surface area contributed by atoms with E-state index in [0.29, 0.717) is 0 Å². The summed E-state index contributed by atoms with van der Waals surface area (Å²) < 4.78 is 1.82. The predicted molar refractivity (Wildman–Crippen MR) is 73.3 cm³/mol. The standard InChI is InChI=1S/C13H15N3OS/c1-10-12(8-14-17)13(16(2)15-10)18-9-11-6-4-3-5-7-11/h3-8,17H,9H2,1-2H3. The quantitative estimate of drug-likeness (QED) is 0.398. The first-order valence-electron chi connectivity index (χ1n) is 5.60. The molecule has 0 aliphatic carbocycles. The highest BCUT2D eigenvalue weighted by atomic mass is 32.2. The lowest BCUT2D eigenvalue weighted by Crippen LogP contribution is -1.94. The van der Waals surface area contributed by atoms with E-state index in [1.165, 1.54) is 11.8 Å². The van der Waals surface area contributed by atoms with Crippen molar-refractivity contribution in [3.8, 4) is 0 Å². The molecule has 18 heavy (non-hydrogen) atoms. The summed E-state index contributed by atoms with van der Waals surface area (Å²) in [5, 5.41) is 17.1. The van der Waals surface area contributed by atoms with Gasteiger partial charge in [0.1, 0.15) is 5.03 Å².